The van der Waals surface area contributed by atoms with Gasteiger partial charge in [0.25, 0.3) is 0 Å². The van der Waals surface area contributed by atoms with Crippen LogP contribution in [0.3, 0.4) is 0 Å². The van der Waals surface area contributed by atoms with Crippen LogP contribution in [0.2, 0.25) is 5.02 Å². The van der Waals surface area contributed by atoms with Crippen LogP contribution in [0.25, 0.3) is 0 Å². The van der Waals surface area contributed by atoms with E-state index in [1.807, 2.05) is 0 Å². The predicted octanol–water partition coefficient (Wildman–Crippen LogP) is 4.02. The molecule has 0 saturated heterocycles. The molecule has 1 aromatic carbocycles. The fourth-order valence-corrected chi connectivity index (χ4v) is 3.88. The normalized spacial score (nSPS) is 15.3. The largest absolute Gasteiger partial charge is 0.357 e. The highest BCUT2D eigenvalue weighted by atomic mass is 35.5. The predicted molar refractivity (Wildman–Crippen MR) is 91.9 cm³/mol. The van der Waals surface area contributed by atoms with E-state index in [0.29, 0.717) is 10.4 Å². The van der Waals surface area contributed by atoms with Crippen molar-refractivity contribution in [2.75, 3.05) is 10.6 Å². The van der Waals surface area contributed by atoms with Crippen LogP contribution in [0, 0.1) is 5.82 Å². The molecule has 2 aromatic rings. The fourth-order valence-electron chi connectivity index (χ4n) is 1.75. The Bertz CT molecular complexity index is 723. The monoisotopic (exact) mass is 372 g/mol. The quantitative estimate of drug-likeness (QED) is 0.749. The van der Waals surface area contributed by atoms with Crippen LogP contribution >= 0.6 is 34.7 Å². The Morgan fingerprint density at radius 3 is 2.96 bits per heavy atom. The lowest BCUT2D eigenvalue weighted by molar-refractivity contribution is -0.115. The Labute approximate surface area is 146 Å². The fraction of sp³-hybridized carbons (Fsp3) is 0.357. The zero-order valence-corrected chi connectivity index (χ0v) is 14.6. The number of hydrogen-bond donors (Lipinski definition) is 2. The van der Waals surface area contributed by atoms with E-state index in [4.69, 9.17) is 11.6 Å². The van der Waals surface area contributed by atoms with Crippen LogP contribution in [0.4, 0.5) is 15.2 Å². The van der Waals surface area contributed by atoms with Gasteiger partial charge in [-0.3, -0.25) is 4.79 Å². The summed E-state index contributed by atoms with van der Waals surface area (Å²) in [5.41, 5.74) is 0.111. The van der Waals surface area contributed by atoms with E-state index in [1.54, 1.807) is 6.92 Å². The molecular weight excluding hydrogens is 359 g/mol. The molecule has 23 heavy (non-hydrogen) atoms. The second-order valence-electron chi connectivity index (χ2n) is 5.17. The Hall–Kier alpha value is -1.38. The van der Waals surface area contributed by atoms with Gasteiger partial charge in [0, 0.05) is 11.1 Å². The summed E-state index contributed by atoms with van der Waals surface area (Å²) in [4.78, 5) is 12.2. The number of rotatable bonds is 6. The number of anilines is 2. The van der Waals surface area contributed by atoms with E-state index < -0.39 is 11.1 Å². The Morgan fingerprint density at radius 1 is 1.48 bits per heavy atom. The third kappa shape index (κ3) is 4.55. The Balaban J connectivity index is 1.57. The van der Waals surface area contributed by atoms with Gasteiger partial charge in [0.2, 0.25) is 11.0 Å². The molecule has 2 N–H and O–H groups in total. The minimum Gasteiger partial charge on any atom is -0.357 e. The minimum absolute atomic E-state index is 0.111. The molecule has 0 spiro atoms. The molecular formula is C14H14ClFN4OS2. The van der Waals surface area contributed by atoms with Crippen molar-refractivity contribution in [3.8, 4) is 0 Å². The highest BCUT2D eigenvalue weighted by Crippen LogP contribution is 2.32. The number of benzene rings is 1. The number of aromatic nitrogens is 2. The molecule has 1 heterocycles. The lowest BCUT2D eigenvalue weighted by Gasteiger charge is -2.11. The van der Waals surface area contributed by atoms with E-state index in [-0.39, 0.29) is 16.6 Å². The number of halogens is 2. The first kappa shape index (κ1) is 16.5. The molecule has 1 fully saturated rings. The average Bonchev–Trinajstić information content (AvgIpc) is 3.20. The van der Waals surface area contributed by atoms with Crippen LogP contribution in [-0.2, 0) is 4.79 Å². The molecule has 122 valence electrons. The summed E-state index contributed by atoms with van der Waals surface area (Å²) in [6.07, 6.45) is 2.32. The summed E-state index contributed by atoms with van der Waals surface area (Å²) < 4.78 is 14.4. The zero-order chi connectivity index (χ0) is 16.4. The molecule has 1 saturated carbocycles. The number of nitrogens with one attached hydrogen (secondary N) is 2. The molecule has 1 aromatic heterocycles. The second-order valence-corrected chi connectivity index (χ2v) is 8.17. The molecule has 1 aliphatic carbocycles. The molecule has 1 atom stereocenters. The summed E-state index contributed by atoms with van der Waals surface area (Å²) in [7, 11) is 0. The van der Waals surface area contributed by atoms with Gasteiger partial charge in [-0.05, 0) is 38.0 Å². The lowest BCUT2D eigenvalue weighted by Crippen LogP contribution is -2.22. The molecule has 0 bridgehead atoms. The molecule has 0 unspecified atom stereocenters. The van der Waals surface area contributed by atoms with Crippen molar-refractivity contribution in [2.24, 2.45) is 0 Å². The van der Waals surface area contributed by atoms with Gasteiger partial charge in [0.15, 0.2) is 4.34 Å². The molecule has 1 amide bonds. The number of hydrogen-bond acceptors (Lipinski definition) is 6. The number of carbonyl (C=O) groups is 1. The van der Waals surface area contributed by atoms with Gasteiger partial charge in [-0.1, -0.05) is 34.7 Å². The lowest BCUT2D eigenvalue weighted by atomic mass is 10.3. The summed E-state index contributed by atoms with van der Waals surface area (Å²) in [5.74, 6) is -0.863. The van der Waals surface area contributed by atoms with E-state index in [1.165, 1.54) is 35.2 Å². The molecule has 3 rings (SSSR count). The first-order valence-corrected chi connectivity index (χ1v) is 9.11. The van der Waals surface area contributed by atoms with Gasteiger partial charge in [0.1, 0.15) is 5.82 Å². The number of thioether (sulfide) groups is 1. The highest BCUT2D eigenvalue weighted by molar-refractivity contribution is 8.02. The average molecular weight is 373 g/mol. The van der Waals surface area contributed by atoms with E-state index >= 15 is 0 Å². The van der Waals surface area contributed by atoms with E-state index in [2.05, 4.69) is 20.8 Å². The third-order valence-electron chi connectivity index (χ3n) is 3.15. The maximum Gasteiger partial charge on any atom is 0.237 e. The van der Waals surface area contributed by atoms with Crippen molar-refractivity contribution in [1.82, 2.24) is 10.2 Å². The molecule has 0 radical (unpaired) electrons. The van der Waals surface area contributed by atoms with Crippen LogP contribution in [-0.4, -0.2) is 27.4 Å². The number of carbonyl (C=O) groups excluding carboxylic acids is 1. The van der Waals surface area contributed by atoms with Gasteiger partial charge in [-0.25, -0.2) is 4.39 Å². The molecule has 9 heteroatoms. The Morgan fingerprint density at radius 2 is 2.26 bits per heavy atom. The van der Waals surface area contributed by atoms with Crippen molar-refractivity contribution in [2.45, 2.75) is 35.4 Å². The standard InChI is InChI=1S/C14H14ClFN4OS2/c1-7(12(21)18-11-5-2-8(15)6-10(11)16)22-14-20-19-13(23-14)17-9-3-4-9/h2,5-7,9H,3-4H2,1H3,(H,17,19)(H,18,21)/t7-/m1/s1. The first-order valence-electron chi connectivity index (χ1n) is 7.04. The molecule has 0 aliphatic heterocycles. The first-order chi connectivity index (χ1) is 11.0. The highest BCUT2D eigenvalue weighted by Gasteiger charge is 2.23. The van der Waals surface area contributed by atoms with Crippen LogP contribution in [0.1, 0.15) is 19.8 Å². The van der Waals surface area contributed by atoms with Crippen LogP contribution in [0.15, 0.2) is 22.5 Å². The minimum atomic E-state index is -0.560. The van der Waals surface area contributed by atoms with Gasteiger partial charge in [-0.15, -0.1) is 10.2 Å². The Kier molecular flexibility index (Phi) is 5.03. The second kappa shape index (κ2) is 7.02. The number of nitrogens with zero attached hydrogens (tertiary/aromatic N) is 2. The SMILES string of the molecule is C[C@@H](Sc1nnc(NC2CC2)s1)C(=O)Nc1ccc(Cl)cc1F. The zero-order valence-electron chi connectivity index (χ0n) is 12.2. The summed E-state index contributed by atoms with van der Waals surface area (Å²) in [5, 5.41) is 14.5. The van der Waals surface area contributed by atoms with Crippen molar-refractivity contribution >= 4 is 51.4 Å². The van der Waals surface area contributed by atoms with Gasteiger partial charge in [-0.2, -0.15) is 0 Å². The van der Waals surface area contributed by atoms with Crippen molar-refractivity contribution < 1.29 is 9.18 Å². The van der Waals surface area contributed by atoms with Gasteiger partial charge < -0.3 is 10.6 Å². The van der Waals surface area contributed by atoms with Gasteiger partial charge >= 0.3 is 0 Å². The summed E-state index contributed by atoms with van der Waals surface area (Å²) in [6.45, 7) is 1.74. The maximum atomic E-state index is 13.7. The van der Waals surface area contributed by atoms with Crippen LogP contribution < -0.4 is 10.6 Å². The summed E-state index contributed by atoms with van der Waals surface area (Å²) in [6, 6.07) is 4.64. The van der Waals surface area contributed by atoms with Crippen molar-refractivity contribution in [3.63, 3.8) is 0 Å². The van der Waals surface area contributed by atoms with E-state index in [9.17, 15) is 9.18 Å². The number of amides is 1. The van der Waals surface area contributed by atoms with Crippen LogP contribution in [0.5, 0.6) is 0 Å². The van der Waals surface area contributed by atoms with E-state index in [0.717, 1.165) is 24.0 Å². The maximum absolute atomic E-state index is 13.7. The molecule has 5 nitrogen and oxygen atoms in total. The molecule has 1 aliphatic rings. The van der Waals surface area contributed by atoms with Crippen molar-refractivity contribution in [3.05, 3.63) is 29.0 Å². The third-order valence-corrected chi connectivity index (χ3v) is 5.42. The van der Waals surface area contributed by atoms with Crippen molar-refractivity contribution in [1.29, 1.82) is 0 Å². The summed E-state index contributed by atoms with van der Waals surface area (Å²) >= 11 is 8.40. The van der Waals surface area contributed by atoms with Gasteiger partial charge in [0.05, 0.1) is 10.9 Å². The topological polar surface area (TPSA) is 66.9 Å². The smallest absolute Gasteiger partial charge is 0.237 e.